The Morgan fingerprint density at radius 3 is 2.08 bits per heavy atom. The summed E-state index contributed by atoms with van der Waals surface area (Å²) in [6, 6.07) is 34.9. The maximum Gasteiger partial charge on any atom is 0.127 e. The van der Waals surface area contributed by atoms with Crippen LogP contribution in [0.2, 0.25) is 0 Å². The van der Waals surface area contributed by atoms with Crippen LogP contribution in [0.1, 0.15) is 66.5 Å². The van der Waals surface area contributed by atoms with Gasteiger partial charge in [-0.05, 0) is 66.0 Å². The Bertz CT molecular complexity index is 1340. The summed E-state index contributed by atoms with van der Waals surface area (Å²) in [5.41, 5.74) is 7.96. The van der Waals surface area contributed by atoms with Gasteiger partial charge in [0.15, 0.2) is 0 Å². The second-order valence-electron chi connectivity index (χ2n) is 11.4. The van der Waals surface area contributed by atoms with Crippen LogP contribution < -0.4 is 10.0 Å². The first-order valence-electron chi connectivity index (χ1n) is 14.4. The summed E-state index contributed by atoms with van der Waals surface area (Å²) in [7, 11) is 0.652. The molecule has 0 radical (unpaired) electrons. The maximum absolute atomic E-state index is 6.73. The Morgan fingerprint density at radius 1 is 0.718 bits per heavy atom. The molecule has 2 nitrogen and oxygen atoms in total. The molecule has 0 N–H and O–H groups in total. The van der Waals surface area contributed by atoms with Crippen molar-refractivity contribution in [3.63, 3.8) is 0 Å². The van der Waals surface area contributed by atoms with Crippen molar-refractivity contribution in [1.29, 1.82) is 0 Å². The number of hydrogen-bond donors (Lipinski definition) is 0. The van der Waals surface area contributed by atoms with E-state index >= 15 is 0 Å². The van der Waals surface area contributed by atoms with Crippen LogP contribution in [-0.4, -0.2) is 18.0 Å². The van der Waals surface area contributed by atoms with Crippen LogP contribution >= 0.6 is 8.58 Å². The van der Waals surface area contributed by atoms with Crippen molar-refractivity contribution in [2.45, 2.75) is 64.8 Å². The smallest absolute Gasteiger partial charge is 0.127 e. The molecule has 1 aliphatic heterocycles. The molecule has 4 aromatic carbocycles. The number of aryl methyl sites for hydroxylation is 1. The predicted molar refractivity (Wildman–Crippen MR) is 168 cm³/mol. The number of benzene rings is 4. The Morgan fingerprint density at radius 2 is 1.36 bits per heavy atom. The minimum absolute atomic E-state index is 0.0680. The molecular weight excluding hydrogens is 493 g/mol. The fourth-order valence-electron chi connectivity index (χ4n) is 5.71. The van der Waals surface area contributed by atoms with Gasteiger partial charge in [0.2, 0.25) is 0 Å². The molecule has 4 aromatic rings. The van der Waals surface area contributed by atoms with Gasteiger partial charge in [-0.25, -0.2) is 0 Å². The predicted octanol–water partition coefficient (Wildman–Crippen LogP) is 8.39. The quantitative estimate of drug-likeness (QED) is 0.189. The highest BCUT2D eigenvalue weighted by atomic mass is 31.1. The molecular formula is C36H42NOP. The number of para-hydroxylation sites is 1. The van der Waals surface area contributed by atoms with E-state index in [1.807, 2.05) is 0 Å². The summed E-state index contributed by atoms with van der Waals surface area (Å²) in [5, 5.41) is 1.46. The molecule has 1 atom stereocenters. The van der Waals surface area contributed by atoms with Crippen molar-refractivity contribution in [2.75, 3.05) is 13.1 Å². The highest BCUT2D eigenvalue weighted by Gasteiger charge is 2.29. The van der Waals surface area contributed by atoms with Crippen molar-refractivity contribution >= 4 is 13.9 Å². The molecule has 1 saturated heterocycles. The number of ether oxygens (including phenoxy) is 1. The van der Waals surface area contributed by atoms with Crippen molar-refractivity contribution < 1.29 is 4.74 Å². The summed E-state index contributed by atoms with van der Waals surface area (Å²) in [5.74, 6) is 1.05. The summed E-state index contributed by atoms with van der Waals surface area (Å²) in [6.07, 6.45) is 4.89. The molecule has 0 bridgehead atoms. The number of hydrogen-bond acceptors (Lipinski definition) is 2. The summed E-state index contributed by atoms with van der Waals surface area (Å²) in [6.45, 7) is 11.2. The zero-order valence-corrected chi connectivity index (χ0v) is 24.7. The van der Waals surface area contributed by atoms with Crippen LogP contribution in [-0.2, 0) is 24.7 Å². The molecule has 1 aliphatic rings. The Kier molecular flexibility index (Phi) is 9.17. The van der Waals surface area contributed by atoms with E-state index < -0.39 is 0 Å². The average Bonchev–Trinajstić information content (AvgIpc) is 2.96. The summed E-state index contributed by atoms with van der Waals surface area (Å²) in [4.78, 5) is 2.65. The van der Waals surface area contributed by atoms with Crippen LogP contribution in [0.25, 0.3) is 0 Å². The van der Waals surface area contributed by atoms with Gasteiger partial charge in [0, 0.05) is 23.7 Å². The SMILES string of the molecule is Cc1cccc(CN2CCCCC2)c1PC(C)(C)c1cccc(Cc2ccccc2)c1OCc1ccccc1. The molecule has 202 valence electrons. The standard InChI is InChI=1S/C36H42NOP/c1-28-15-13-21-32(26-37-23-11-6-12-24-37)35(28)39-36(2,3)33-22-14-20-31(25-29-16-7-4-8-17-29)34(33)38-27-30-18-9-5-10-19-30/h4-5,7-10,13-22,39H,6,11-12,23-27H2,1-3H3. The van der Waals surface area contributed by atoms with Crippen LogP contribution in [0.4, 0.5) is 0 Å². The normalized spacial score (nSPS) is 14.6. The monoisotopic (exact) mass is 535 g/mol. The number of nitrogens with zero attached hydrogens (tertiary/aromatic N) is 1. The molecule has 3 heteroatoms. The van der Waals surface area contributed by atoms with E-state index in [4.69, 9.17) is 4.74 Å². The molecule has 0 amide bonds. The van der Waals surface area contributed by atoms with Crippen LogP contribution in [0, 0.1) is 6.92 Å². The lowest BCUT2D eigenvalue weighted by molar-refractivity contribution is 0.221. The van der Waals surface area contributed by atoms with Gasteiger partial charge in [0.25, 0.3) is 0 Å². The van der Waals surface area contributed by atoms with Crippen molar-refractivity contribution in [3.05, 3.63) is 130 Å². The van der Waals surface area contributed by atoms with E-state index in [-0.39, 0.29) is 5.16 Å². The largest absolute Gasteiger partial charge is 0.488 e. The van der Waals surface area contributed by atoms with Gasteiger partial charge in [-0.15, -0.1) is 0 Å². The molecule has 1 fully saturated rings. The highest BCUT2D eigenvalue weighted by Crippen LogP contribution is 2.47. The van der Waals surface area contributed by atoms with E-state index in [0.29, 0.717) is 15.2 Å². The van der Waals surface area contributed by atoms with Gasteiger partial charge in [0.05, 0.1) is 0 Å². The fourth-order valence-corrected chi connectivity index (χ4v) is 7.27. The van der Waals surface area contributed by atoms with Crippen molar-refractivity contribution in [3.8, 4) is 5.75 Å². The molecule has 39 heavy (non-hydrogen) atoms. The van der Waals surface area contributed by atoms with E-state index in [1.165, 1.54) is 71.0 Å². The van der Waals surface area contributed by atoms with Gasteiger partial charge < -0.3 is 4.74 Å². The average molecular weight is 536 g/mol. The van der Waals surface area contributed by atoms with Gasteiger partial charge in [-0.1, -0.05) is 126 Å². The lowest BCUT2D eigenvalue weighted by Crippen LogP contribution is -2.31. The summed E-state index contributed by atoms with van der Waals surface area (Å²) < 4.78 is 6.73. The third kappa shape index (κ3) is 7.18. The van der Waals surface area contributed by atoms with E-state index in [2.05, 4.69) is 123 Å². The molecule has 1 unspecified atom stereocenters. The van der Waals surface area contributed by atoms with Crippen LogP contribution in [0.3, 0.4) is 0 Å². The van der Waals surface area contributed by atoms with Gasteiger partial charge in [-0.2, -0.15) is 0 Å². The third-order valence-corrected chi connectivity index (χ3v) is 9.73. The Balaban J connectivity index is 1.48. The number of rotatable bonds is 10. The molecule has 5 rings (SSSR count). The minimum atomic E-state index is -0.0680. The topological polar surface area (TPSA) is 12.5 Å². The molecule has 0 spiro atoms. The van der Waals surface area contributed by atoms with Crippen molar-refractivity contribution in [1.82, 2.24) is 4.90 Å². The van der Waals surface area contributed by atoms with Gasteiger partial charge in [0.1, 0.15) is 12.4 Å². The van der Waals surface area contributed by atoms with Gasteiger partial charge in [-0.3, -0.25) is 4.90 Å². The van der Waals surface area contributed by atoms with Crippen molar-refractivity contribution in [2.24, 2.45) is 0 Å². The fraction of sp³-hybridized carbons (Fsp3) is 0.333. The summed E-state index contributed by atoms with van der Waals surface area (Å²) >= 11 is 0. The Hall–Kier alpha value is -2.93. The third-order valence-electron chi connectivity index (χ3n) is 7.87. The first kappa shape index (κ1) is 27.6. The Labute approximate surface area is 237 Å². The molecule has 1 heterocycles. The molecule has 0 saturated carbocycles. The number of likely N-dealkylation sites (tertiary alicyclic amines) is 1. The second kappa shape index (κ2) is 12.9. The zero-order chi connectivity index (χ0) is 27.1. The number of piperidine rings is 1. The zero-order valence-electron chi connectivity index (χ0n) is 23.7. The second-order valence-corrected chi connectivity index (χ2v) is 13.4. The molecule has 0 aliphatic carbocycles. The minimum Gasteiger partial charge on any atom is -0.488 e. The highest BCUT2D eigenvalue weighted by molar-refractivity contribution is 7.48. The lowest BCUT2D eigenvalue weighted by atomic mass is 9.95. The first-order chi connectivity index (χ1) is 19.0. The van der Waals surface area contributed by atoms with Crippen LogP contribution in [0.5, 0.6) is 5.75 Å². The van der Waals surface area contributed by atoms with E-state index in [9.17, 15) is 0 Å². The van der Waals surface area contributed by atoms with E-state index in [1.54, 1.807) is 0 Å². The lowest BCUT2D eigenvalue weighted by Gasteiger charge is -2.32. The van der Waals surface area contributed by atoms with Crippen LogP contribution in [0.15, 0.2) is 97.1 Å². The van der Waals surface area contributed by atoms with E-state index in [0.717, 1.165) is 18.7 Å². The molecule has 0 aromatic heterocycles. The van der Waals surface area contributed by atoms with Gasteiger partial charge >= 0.3 is 0 Å². The first-order valence-corrected chi connectivity index (χ1v) is 15.4. The maximum atomic E-state index is 6.73.